The van der Waals surface area contributed by atoms with Gasteiger partial charge in [0.25, 0.3) is 0 Å². The molecule has 0 aliphatic carbocycles. The maximum absolute atomic E-state index is 13.8. The number of rotatable bonds is 7. The molecule has 0 aliphatic heterocycles. The van der Waals surface area contributed by atoms with Gasteiger partial charge in [0.05, 0.1) is 0 Å². The molecule has 0 spiro atoms. The molecule has 0 aromatic heterocycles. The lowest BCUT2D eigenvalue weighted by Crippen LogP contribution is -2.20. The van der Waals surface area contributed by atoms with E-state index in [-0.39, 0.29) is 24.8 Å². The highest BCUT2D eigenvalue weighted by Gasteiger charge is 2.28. The number of carbonyl (C=O) groups excluding carboxylic acids is 1. The summed E-state index contributed by atoms with van der Waals surface area (Å²) in [5, 5.41) is 1.48. The molecule has 0 saturated heterocycles. The van der Waals surface area contributed by atoms with Gasteiger partial charge >= 0.3 is 0 Å². The molecule has 0 atom stereocenters. The van der Waals surface area contributed by atoms with Crippen molar-refractivity contribution in [2.24, 2.45) is 0 Å². The average Bonchev–Trinajstić information content (AvgIpc) is 2.69. The Morgan fingerprint density at radius 3 is 1.71 bits per heavy atom. The van der Waals surface area contributed by atoms with Crippen molar-refractivity contribution in [3.63, 3.8) is 0 Å². The summed E-state index contributed by atoms with van der Waals surface area (Å²) in [4.78, 5) is 12.4. The minimum atomic E-state index is -3.21. The van der Waals surface area contributed by atoms with Gasteiger partial charge in [0.2, 0.25) is 0 Å². The summed E-state index contributed by atoms with van der Waals surface area (Å²) >= 11 is 5.85. The van der Waals surface area contributed by atoms with Crippen molar-refractivity contribution in [3.8, 4) is 0 Å². The fraction of sp³-hybridized carbons (Fsp3) is 0.136. The molecule has 0 N–H and O–H groups in total. The Morgan fingerprint density at radius 1 is 0.786 bits per heavy atom. The summed E-state index contributed by atoms with van der Waals surface area (Å²) in [6.45, 7) is 0. The van der Waals surface area contributed by atoms with E-state index >= 15 is 0 Å². The molecule has 0 fully saturated rings. The van der Waals surface area contributed by atoms with E-state index in [1.54, 1.807) is 24.3 Å². The van der Waals surface area contributed by atoms with Gasteiger partial charge in [0, 0.05) is 34.6 Å². The van der Waals surface area contributed by atoms with Gasteiger partial charge < -0.3 is 4.57 Å². The summed E-state index contributed by atoms with van der Waals surface area (Å²) in [5.41, 5.74) is 0.827. The first kappa shape index (κ1) is 20.4. The van der Waals surface area contributed by atoms with Crippen molar-refractivity contribution in [1.29, 1.82) is 0 Å². The maximum atomic E-state index is 13.8. The summed E-state index contributed by atoms with van der Waals surface area (Å²) in [7, 11) is -3.21. The average molecular weight is 419 g/mol. The predicted octanol–water partition coefficient (Wildman–Crippen LogP) is 5.13. The third-order valence-corrected chi connectivity index (χ3v) is 7.88. The van der Waals surface area contributed by atoms with Crippen LogP contribution in [-0.4, -0.2) is 11.9 Å². The fourth-order valence-electron chi connectivity index (χ4n) is 2.97. The number of ketones is 1. The first-order chi connectivity index (χ1) is 13.4. The quantitative estimate of drug-likeness (QED) is 0.498. The van der Waals surface area contributed by atoms with Crippen LogP contribution >= 0.6 is 18.7 Å². The molecule has 6 heteroatoms. The zero-order chi connectivity index (χ0) is 20.1. The smallest absolute Gasteiger partial charge is 0.143 e. The van der Waals surface area contributed by atoms with Crippen LogP contribution in [0.4, 0.5) is 8.78 Å². The highest BCUT2D eigenvalue weighted by molar-refractivity contribution is 7.78. The number of hydrogen-bond donors (Lipinski definition) is 0. The van der Waals surface area contributed by atoms with Crippen LogP contribution in [0.15, 0.2) is 72.8 Å². The zero-order valence-corrected chi connectivity index (χ0v) is 16.6. The van der Waals surface area contributed by atoms with E-state index < -0.39 is 18.8 Å². The molecule has 3 aromatic carbocycles. The molecule has 0 saturated carbocycles. The van der Waals surface area contributed by atoms with Crippen molar-refractivity contribution in [2.45, 2.75) is 12.8 Å². The third-order valence-electron chi connectivity index (χ3n) is 4.51. The van der Waals surface area contributed by atoms with Gasteiger partial charge in [0.1, 0.15) is 24.6 Å². The Balaban J connectivity index is 1.82. The minimum absolute atomic E-state index is 0.0632. The summed E-state index contributed by atoms with van der Waals surface area (Å²) in [6, 6.07) is 17.8. The van der Waals surface area contributed by atoms with Crippen molar-refractivity contribution >= 4 is 35.1 Å². The topological polar surface area (TPSA) is 34.1 Å². The minimum Gasteiger partial charge on any atom is -0.314 e. The normalized spacial score (nSPS) is 11.4. The lowest BCUT2D eigenvalue weighted by molar-refractivity contribution is -0.118. The Morgan fingerprint density at radius 2 is 1.25 bits per heavy atom. The first-order valence-electron chi connectivity index (χ1n) is 8.74. The van der Waals surface area contributed by atoms with Crippen LogP contribution in [0.3, 0.4) is 0 Å². The van der Waals surface area contributed by atoms with Crippen molar-refractivity contribution in [3.05, 3.63) is 95.0 Å². The second kappa shape index (κ2) is 8.81. The molecule has 0 bridgehead atoms. The van der Waals surface area contributed by atoms with E-state index in [1.165, 1.54) is 48.5 Å². The Labute approximate surface area is 167 Å². The zero-order valence-electron chi connectivity index (χ0n) is 14.9. The van der Waals surface area contributed by atoms with Crippen LogP contribution in [0.1, 0.15) is 12.0 Å². The summed E-state index contributed by atoms with van der Waals surface area (Å²) in [5.74, 6) is -0.937. The van der Waals surface area contributed by atoms with E-state index in [0.29, 0.717) is 15.6 Å². The first-order valence-corrected chi connectivity index (χ1v) is 11.0. The molecule has 3 aromatic rings. The number of hydrogen-bond acceptors (Lipinski definition) is 2. The Hall–Kier alpha value is -2.29. The van der Waals surface area contributed by atoms with Crippen LogP contribution in [0.25, 0.3) is 0 Å². The maximum Gasteiger partial charge on any atom is 0.143 e. The highest BCUT2D eigenvalue weighted by atomic mass is 35.5. The molecule has 0 aliphatic rings. The molecule has 2 nitrogen and oxygen atoms in total. The molecule has 28 heavy (non-hydrogen) atoms. The Kier molecular flexibility index (Phi) is 6.43. The van der Waals surface area contributed by atoms with Crippen LogP contribution in [0, 0.1) is 11.6 Å². The molecule has 0 unspecified atom stereocenters. The molecule has 0 amide bonds. The standard InChI is InChI=1S/C22H18ClF2O2P/c23-17-3-1-16(2-4-17)15-20(26)13-14-28(27,21-9-5-18(24)6-10-21)22-11-7-19(25)8-12-22/h1-12H,13-15H2. The van der Waals surface area contributed by atoms with Crippen molar-refractivity contribution in [2.75, 3.05) is 6.16 Å². The van der Waals surface area contributed by atoms with Crippen LogP contribution in [0.2, 0.25) is 5.02 Å². The van der Waals surface area contributed by atoms with E-state index in [0.717, 1.165) is 5.56 Å². The fourth-order valence-corrected chi connectivity index (χ4v) is 5.74. The van der Waals surface area contributed by atoms with Gasteiger partial charge in [-0.1, -0.05) is 23.7 Å². The van der Waals surface area contributed by atoms with Gasteiger partial charge in [-0.15, -0.1) is 0 Å². The lowest BCUT2D eigenvalue weighted by Gasteiger charge is -2.19. The Bertz CT molecular complexity index is 951. The van der Waals surface area contributed by atoms with E-state index in [1.807, 2.05) is 0 Å². The number of benzene rings is 3. The number of Topliss-reactive ketones (excluding diaryl/α,β-unsaturated/α-hetero) is 1. The van der Waals surface area contributed by atoms with E-state index in [9.17, 15) is 18.1 Å². The predicted molar refractivity (Wildman–Crippen MR) is 109 cm³/mol. The van der Waals surface area contributed by atoms with Crippen LogP contribution in [0.5, 0.6) is 0 Å². The second-order valence-corrected chi connectivity index (χ2v) is 9.90. The van der Waals surface area contributed by atoms with Crippen molar-refractivity contribution < 1.29 is 18.1 Å². The molecule has 144 valence electrons. The van der Waals surface area contributed by atoms with Crippen molar-refractivity contribution in [1.82, 2.24) is 0 Å². The largest absolute Gasteiger partial charge is 0.314 e. The molecule has 0 radical (unpaired) electrons. The van der Waals surface area contributed by atoms with Crippen LogP contribution < -0.4 is 10.6 Å². The number of halogens is 3. The van der Waals surface area contributed by atoms with Gasteiger partial charge in [-0.3, -0.25) is 4.79 Å². The highest BCUT2D eigenvalue weighted by Crippen LogP contribution is 2.44. The molecular weight excluding hydrogens is 401 g/mol. The van der Waals surface area contributed by atoms with Gasteiger partial charge in [0.15, 0.2) is 0 Å². The summed E-state index contributed by atoms with van der Waals surface area (Å²) < 4.78 is 40.5. The van der Waals surface area contributed by atoms with Crippen LogP contribution in [-0.2, 0) is 15.8 Å². The number of carbonyl (C=O) groups is 1. The summed E-state index contributed by atoms with van der Waals surface area (Å²) in [6.07, 6.45) is 0.398. The SMILES string of the molecule is O=C(CCP(=O)(c1ccc(F)cc1)c1ccc(F)cc1)Cc1ccc(Cl)cc1. The third kappa shape index (κ3) is 4.95. The van der Waals surface area contributed by atoms with Gasteiger partial charge in [-0.25, -0.2) is 8.78 Å². The van der Waals surface area contributed by atoms with E-state index in [2.05, 4.69) is 0 Å². The second-order valence-electron chi connectivity index (χ2n) is 6.51. The molecular formula is C22H18ClF2O2P. The van der Waals surface area contributed by atoms with Gasteiger partial charge in [-0.2, -0.15) is 0 Å². The van der Waals surface area contributed by atoms with E-state index in [4.69, 9.17) is 11.6 Å². The monoisotopic (exact) mass is 418 g/mol. The molecule has 0 heterocycles. The lowest BCUT2D eigenvalue weighted by atomic mass is 10.1. The van der Waals surface area contributed by atoms with Gasteiger partial charge in [-0.05, 0) is 66.2 Å². The molecule has 3 rings (SSSR count).